The Morgan fingerprint density at radius 3 is 2.71 bits per heavy atom. The van der Waals surface area contributed by atoms with Crippen LogP contribution in [0, 0.1) is 12.7 Å². The summed E-state index contributed by atoms with van der Waals surface area (Å²) in [5.41, 5.74) is 7.77. The van der Waals surface area contributed by atoms with Crippen LogP contribution in [-0.4, -0.2) is 12.0 Å². The standard InChI is InChI=1S/C13H14FN3/c1-9-11(15)7-10(14)8-12(9)17(2)13-5-3-4-6-16-13/h3-8H,15H2,1-2H3. The van der Waals surface area contributed by atoms with Crippen molar-refractivity contribution >= 4 is 17.2 Å². The van der Waals surface area contributed by atoms with E-state index in [-0.39, 0.29) is 5.82 Å². The quantitative estimate of drug-likeness (QED) is 0.808. The first-order valence-electron chi connectivity index (χ1n) is 5.30. The Bertz CT molecular complexity index is 526. The van der Waals surface area contributed by atoms with Gasteiger partial charge in [-0.1, -0.05) is 6.07 Å². The molecular formula is C13H14FN3. The second-order valence-electron chi connectivity index (χ2n) is 3.89. The lowest BCUT2D eigenvalue weighted by molar-refractivity contribution is 0.628. The molecule has 2 rings (SSSR count). The number of halogens is 1. The molecule has 0 radical (unpaired) electrons. The van der Waals surface area contributed by atoms with Crippen LogP contribution in [0.25, 0.3) is 0 Å². The highest BCUT2D eigenvalue weighted by Gasteiger charge is 2.11. The van der Waals surface area contributed by atoms with E-state index in [2.05, 4.69) is 4.98 Å². The fraction of sp³-hybridized carbons (Fsp3) is 0.154. The van der Waals surface area contributed by atoms with Gasteiger partial charge in [-0.05, 0) is 36.8 Å². The van der Waals surface area contributed by atoms with Crippen LogP contribution in [0.5, 0.6) is 0 Å². The largest absolute Gasteiger partial charge is 0.398 e. The van der Waals surface area contributed by atoms with Gasteiger partial charge >= 0.3 is 0 Å². The molecule has 1 aromatic carbocycles. The second-order valence-corrected chi connectivity index (χ2v) is 3.89. The molecule has 2 aromatic rings. The average Bonchev–Trinajstić information content (AvgIpc) is 2.34. The van der Waals surface area contributed by atoms with Gasteiger partial charge in [0.25, 0.3) is 0 Å². The van der Waals surface area contributed by atoms with Gasteiger partial charge in [0.1, 0.15) is 11.6 Å². The Kier molecular flexibility index (Phi) is 2.95. The first-order chi connectivity index (χ1) is 8.09. The molecule has 0 aliphatic carbocycles. The van der Waals surface area contributed by atoms with E-state index in [9.17, 15) is 4.39 Å². The van der Waals surface area contributed by atoms with E-state index in [4.69, 9.17) is 5.73 Å². The fourth-order valence-corrected chi connectivity index (χ4v) is 1.71. The Morgan fingerprint density at radius 2 is 2.06 bits per heavy atom. The van der Waals surface area contributed by atoms with Crippen molar-refractivity contribution in [1.82, 2.24) is 4.98 Å². The average molecular weight is 231 g/mol. The highest BCUT2D eigenvalue weighted by molar-refractivity contribution is 5.69. The van der Waals surface area contributed by atoms with Gasteiger partial charge in [-0.3, -0.25) is 0 Å². The number of nitrogen functional groups attached to an aromatic ring is 1. The number of nitrogens with zero attached hydrogens (tertiary/aromatic N) is 2. The number of pyridine rings is 1. The Balaban J connectivity index is 2.48. The van der Waals surface area contributed by atoms with Crippen molar-refractivity contribution in [3.05, 3.63) is 47.9 Å². The van der Waals surface area contributed by atoms with Crippen molar-refractivity contribution < 1.29 is 4.39 Å². The van der Waals surface area contributed by atoms with Crippen molar-refractivity contribution in [2.24, 2.45) is 0 Å². The topological polar surface area (TPSA) is 42.1 Å². The molecule has 1 aromatic heterocycles. The summed E-state index contributed by atoms with van der Waals surface area (Å²) < 4.78 is 13.4. The first-order valence-corrected chi connectivity index (χ1v) is 5.30. The predicted molar refractivity (Wildman–Crippen MR) is 67.8 cm³/mol. The molecule has 0 fully saturated rings. The van der Waals surface area contributed by atoms with Crippen molar-refractivity contribution in [3.63, 3.8) is 0 Å². The molecule has 88 valence electrons. The number of hydrogen-bond donors (Lipinski definition) is 1. The van der Waals surface area contributed by atoms with Crippen LogP contribution >= 0.6 is 0 Å². The van der Waals surface area contributed by atoms with E-state index in [0.29, 0.717) is 5.69 Å². The SMILES string of the molecule is Cc1c(N)cc(F)cc1N(C)c1ccccn1. The van der Waals surface area contributed by atoms with Crippen molar-refractivity contribution in [3.8, 4) is 0 Å². The van der Waals surface area contributed by atoms with Crippen molar-refractivity contribution in [1.29, 1.82) is 0 Å². The number of benzene rings is 1. The van der Waals surface area contributed by atoms with E-state index < -0.39 is 0 Å². The summed E-state index contributed by atoms with van der Waals surface area (Å²) in [6.07, 6.45) is 1.70. The molecule has 0 spiro atoms. The normalized spacial score (nSPS) is 10.3. The summed E-state index contributed by atoms with van der Waals surface area (Å²) in [4.78, 5) is 6.03. The van der Waals surface area contributed by atoms with Crippen LogP contribution < -0.4 is 10.6 Å². The molecule has 1 heterocycles. The highest BCUT2D eigenvalue weighted by atomic mass is 19.1. The first kappa shape index (κ1) is 11.4. The summed E-state index contributed by atoms with van der Waals surface area (Å²) in [6.45, 7) is 1.86. The monoisotopic (exact) mass is 231 g/mol. The molecule has 0 amide bonds. The number of hydrogen-bond acceptors (Lipinski definition) is 3. The molecule has 17 heavy (non-hydrogen) atoms. The molecule has 3 nitrogen and oxygen atoms in total. The molecule has 0 saturated carbocycles. The van der Waals surface area contributed by atoms with Crippen molar-refractivity contribution in [2.75, 3.05) is 17.7 Å². The van der Waals surface area contributed by atoms with Gasteiger partial charge in [-0.2, -0.15) is 0 Å². The van der Waals surface area contributed by atoms with Gasteiger partial charge in [0.15, 0.2) is 0 Å². The van der Waals surface area contributed by atoms with Crippen LogP contribution in [0.3, 0.4) is 0 Å². The summed E-state index contributed by atoms with van der Waals surface area (Å²) in [6, 6.07) is 8.37. The number of aromatic nitrogens is 1. The van der Waals surface area contributed by atoms with Gasteiger partial charge in [0.05, 0.1) is 0 Å². The summed E-state index contributed by atoms with van der Waals surface area (Å²) in [5, 5.41) is 0. The molecular weight excluding hydrogens is 217 g/mol. The fourth-order valence-electron chi connectivity index (χ4n) is 1.71. The van der Waals surface area contributed by atoms with Gasteiger partial charge < -0.3 is 10.6 Å². The minimum absolute atomic E-state index is 0.342. The zero-order valence-corrected chi connectivity index (χ0v) is 9.81. The third-order valence-corrected chi connectivity index (χ3v) is 2.74. The van der Waals surface area contributed by atoms with Crippen molar-refractivity contribution in [2.45, 2.75) is 6.92 Å². The molecule has 0 bridgehead atoms. The highest BCUT2D eigenvalue weighted by Crippen LogP contribution is 2.29. The molecule has 0 aliphatic heterocycles. The minimum Gasteiger partial charge on any atom is -0.398 e. The van der Waals surface area contributed by atoms with Gasteiger partial charge in [-0.25, -0.2) is 9.37 Å². The minimum atomic E-state index is -0.342. The van der Waals surface area contributed by atoms with E-state index >= 15 is 0 Å². The van der Waals surface area contributed by atoms with Crippen LogP contribution in [0.1, 0.15) is 5.56 Å². The Hall–Kier alpha value is -2.10. The van der Waals surface area contributed by atoms with Crippen LogP contribution in [0.2, 0.25) is 0 Å². The molecule has 2 N–H and O–H groups in total. The number of rotatable bonds is 2. The second kappa shape index (κ2) is 4.41. The third kappa shape index (κ3) is 2.20. The van der Waals surface area contributed by atoms with E-state index in [1.807, 2.05) is 37.1 Å². The third-order valence-electron chi connectivity index (χ3n) is 2.74. The Labute approximate surface area is 99.7 Å². The van der Waals surface area contributed by atoms with Crippen LogP contribution in [-0.2, 0) is 0 Å². The maximum atomic E-state index is 13.4. The lowest BCUT2D eigenvalue weighted by atomic mass is 10.1. The zero-order chi connectivity index (χ0) is 12.4. The summed E-state index contributed by atoms with van der Waals surface area (Å²) in [5.74, 6) is 0.409. The van der Waals surface area contributed by atoms with Gasteiger partial charge in [-0.15, -0.1) is 0 Å². The van der Waals surface area contributed by atoms with Gasteiger partial charge in [0, 0.05) is 24.6 Å². The predicted octanol–water partition coefficient (Wildman–Crippen LogP) is 2.88. The van der Waals surface area contributed by atoms with E-state index in [1.165, 1.54) is 12.1 Å². The summed E-state index contributed by atoms with van der Waals surface area (Å²) >= 11 is 0. The van der Waals surface area contributed by atoms with E-state index in [1.54, 1.807) is 6.20 Å². The van der Waals surface area contributed by atoms with Crippen LogP contribution in [0.4, 0.5) is 21.6 Å². The van der Waals surface area contributed by atoms with Gasteiger partial charge in [0.2, 0.25) is 0 Å². The molecule has 0 atom stereocenters. The van der Waals surface area contributed by atoms with E-state index in [0.717, 1.165) is 17.1 Å². The Morgan fingerprint density at radius 1 is 1.29 bits per heavy atom. The lowest BCUT2D eigenvalue weighted by Crippen LogP contribution is -2.13. The summed E-state index contributed by atoms with van der Waals surface area (Å²) in [7, 11) is 1.84. The zero-order valence-electron chi connectivity index (χ0n) is 9.81. The maximum Gasteiger partial charge on any atom is 0.132 e. The molecule has 0 aliphatic rings. The maximum absolute atomic E-state index is 13.4. The number of anilines is 3. The molecule has 0 saturated heterocycles. The number of nitrogens with two attached hydrogens (primary N) is 1. The molecule has 4 heteroatoms. The molecule has 0 unspecified atom stereocenters. The van der Waals surface area contributed by atoms with Crippen LogP contribution in [0.15, 0.2) is 36.5 Å². The lowest BCUT2D eigenvalue weighted by Gasteiger charge is -2.21. The smallest absolute Gasteiger partial charge is 0.132 e.